The SMILES string of the molecule is Cc1c(C(=O)C(=O)NC2(C(=O)N3CCC34COC4)CC(F)(F)C2)c2n(c1C(=O)Nc1ccc(F)c(Cl)c1)CCC2. The van der Waals surface area contributed by atoms with Gasteiger partial charge in [0, 0.05) is 37.3 Å². The quantitative estimate of drug-likeness (QED) is 0.404. The molecular weight excluding hydrogens is 553 g/mol. The number of carbonyl (C=O) groups is 4. The summed E-state index contributed by atoms with van der Waals surface area (Å²) in [6, 6.07) is 3.69. The van der Waals surface area contributed by atoms with Gasteiger partial charge in [0.05, 0.1) is 29.3 Å². The third-order valence-corrected chi connectivity index (χ3v) is 8.77. The van der Waals surface area contributed by atoms with Crippen molar-refractivity contribution < 1.29 is 37.1 Å². The van der Waals surface area contributed by atoms with Gasteiger partial charge in [0.25, 0.3) is 23.5 Å². The number of halogens is 4. The van der Waals surface area contributed by atoms with Crippen LogP contribution in [0.25, 0.3) is 0 Å². The van der Waals surface area contributed by atoms with Gasteiger partial charge in [-0.15, -0.1) is 0 Å². The van der Waals surface area contributed by atoms with Crippen LogP contribution in [0.5, 0.6) is 0 Å². The number of ketones is 1. The van der Waals surface area contributed by atoms with Crippen LogP contribution in [-0.2, 0) is 27.3 Å². The fourth-order valence-electron chi connectivity index (χ4n) is 6.34. The minimum atomic E-state index is -3.15. The largest absolute Gasteiger partial charge is 0.376 e. The molecule has 1 aromatic heterocycles. The van der Waals surface area contributed by atoms with Gasteiger partial charge in [0.15, 0.2) is 0 Å². The predicted octanol–water partition coefficient (Wildman–Crippen LogP) is 3.26. The molecule has 0 atom stereocenters. The molecular formula is C27H26ClF3N4O5. The zero-order valence-electron chi connectivity index (χ0n) is 21.5. The number of alkyl halides is 2. The first-order chi connectivity index (χ1) is 18.9. The monoisotopic (exact) mass is 578 g/mol. The van der Waals surface area contributed by atoms with E-state index in [1.807, 2.05) is 0 Å². The molecule has 1 aromatic carbocycles. The maximum absolute atomic E-state index is 14.1. The molecule has 4 heterocycles. The molecule has 1 spiro atoms. The van der Waals surface area contributed by atoms with Gasteiger partial charge in [-0.3, -0.25) is 19.2 Å². The number of nitrogens with one attached hydrogen (secondary N) is 2. The zero-order chi connectivity index (χ0) is 28.6. The Morgan fingerprint density at radius 3 is 2.40 bits per heavy atom. The second-order valence-corrected chi connectivity index (χ2v) is 11.5. The number of hydrogen-bond donors (Lipinski definition) is 2. The van der Waals surface area contributed by atoms with Crippen molar-refractivity contribution in [3.8, 4) is 0 Å². The average molecular weight is 579 g/mol. The molecule has 6 rings (SSSR count). The number of Topliss-reactive ketones (excluding diaryl/α,β-unsaturated/α-hetero) is 1. The number of likely N-dealkylation sites (tertiary alicyclic amines) is 1. The molecule has 0 unspecified atom stereocenters. The van der Waals surface area contributed by atoms with Gasteiger partial charge in [0.1, 0.15) is 17.1 Å². The average Bonchev–Trinajstić information content (AvgIpc) is 3.37. The van der Waals surface area contributed by atoms with Crippen molar-refractivity contribution in [2.45, 2.75) is 62.6 Å². The molecule has 3 aliphatic heterocycles. The molecule has 212 valence electrons. The molecule has 1 aliphatic carbocycles. The first-order valence-electron chi connectivity index (χ1n) is 13.0. The number of carbonyl (C=O) groups excluding carboxylic acids is 4. The number of aromatic nitrogens is 1. The van der Waals surface area contributed by atoms with E-state index in [9.17, 15) is 32.3 Å². The zero-order valence-corrected chi connectivity index (χ0v) is 22.3. The Hall–Kier alpha value is -3.38. The van der Waals surface area contributed by atoms with Crippen molar-refractivity contribution in [2.75, 3.05) is 25.1 Å². The summed E-state index contributed by atoms with van der Waals surface area (Å²) in [5, 5.41) is 4.82. The van der Waals surface area contributed by atoms with Crippen molar-refractivity contribution >= 4 is 40.8 Å². The number of rotatable bonds is 6. The fraction of sp³-hybridized carbons (Fsp3) is 0.481. The standard InChI is InChI=1S/C27H26ClF3N4O5/c1-14-19(18-3-2-7-34(18)20(14)22(37)32-15-4-5-17(29)16(28)9-15)21(36)23(38)33-26(10-27(30,31)11-26)24(39)35-8-6-25(35)12-40-13-25/h4-5,9H,2-3,6-8,10-13H2,1H3,(H,32,37)(H,33,38). The highest BCUT2D eigenvalue weighted by atomic mass is 35.5. The summed E-state index contributed by atoms with van der Waals surface area (Å²) in [7, 11) is 0. The number of nitrogens with zero attached hydrogens (tertiary/aromatic N) is 2. The van der Waals surface area contributed by atoms with Crippen molar-refractivity contribution in [1.29, 1.82) is 0 Å². The van der Waals surface area contributed by atoms with E-state index < -0.39 is 59.2 Å². The Labute approximate surface area is 232 Å². The molecule has 1 saturated carbocycles. The number of fused-ring (bicyclic) bond motifs is 1. The van der Waals surface area contributed by atoms with E-state index in [0.717, 1.165) is 6.07 Å². The van der Waals surface area contributed by atoms with Crippen LogP contribution >= 0.6 is 11.6 Å². The highest BCUT2D eigenvalue weighted by Gasteiger charge is 2.66. The fourth-order valence-corrected chi connectivity index (χ4v) is 6.52. The highest BCUT2D eigenvalue weighted by molar-refractivity contribution is 6.44. The van der Waals surface area contributed by atoms with Crippen molar-refractivity contribution in [3.05, 3.63) is 51.6 Å². The normalized spacial score (nSPS) is 21.1. The molecule has 9 nitrogen and oxygen atoms in total. The van der Waals surface area contributed by atoms with E-state index in [-0.39, 0.29) is 27.5 Å². The van der Waals surface area contributed by atoms with Crippen molar-refractivity contribution in [3.63, 3.8) is 0 Å². The van der Waals surface area contributed by atoms with Crippen LogP contribution in [0.1, 0.15) is 57.8 Å². The molecule has 2 saturated heterocycles. The number of ether oxygens (including phenoxy) is 1. The van der Waals surface area contributed by atoms with Crippen LogP contribution in [0.3, 0.4) is 0 Å². The van der Waals surface area contributed by atoms with E-state index >= 15 is 0 Å². The van der Waals surface area contributed by atoms with E-state index in [1.54, 1.807) is 4.57 Å². The van der Waals surface area contributed by atoms with Gasteiger partial charge in [-0.25, -0.2) is 13.2 Å². The Kier molecular flexibility index (Phi) is 6.08. The van der Waals surface area contributed by atoms with Crippen LogP contribution in [0.2, 0.25) is 5.02 Å². The molecule has 2 N–H and O–H groups in total. The number of anilines is 1. The second-order valence-electron chi connectivity index (χ2n) is 11.1. The Morgan fingerprint density at radius 1 is 1.10 bits per heavy atom. The third kappa shape index (κ3) is 4.02. The van der Waals surface area contributed by atoms with E-state index in [1.165, 1.54) is 24.0 Å². The Bertz CT molecular complexity index is 1470. The molecule has 3 amide bonds. The number of hydrogen-bond acceptors (Lipinski definition) is 5. The van der Waals surface area contributed by atoms with E-state index in [2.05, 4.69) is 10.6 Å². The van der Waals surface area contributed by atoms with Gasteiger partial charge < -0.3 is 24.8 Å². The summed E-state index contributed by atoms with van der Waals surface area (Å²) < 4.78 is 48.6. The minimum absolute atomic E-state index is 0.0128. The Balaban J connectivity index is 1.26. The van der Waals surface area contributed by atoms with E-state index in [4.69, 9.17) is 16.3 Å². The summed E-state index contributed by atoms with van der Waals surface area (Å²) in [6.07, 6.45) is -0.0710. The maximum atomic E-state index is 14.1. The predicted molar refractivity (Wildman–Crippen MR) is 136 cm³/mol. The number of benzene rings is 1. The van der Waals surface area contributed by atoms with Crippen LogP contribution in [0, 0.1) is 12.7 Å². The van der Waals surface area contributed by atoms with Gasteiger partial charge in [-0.2, -0.15) is 0 Å². The van der Waals surface area contributed by atoms with Crippen molar-refractivity contribution in [2.24, 2.45) is 0 Å². The molecule has 3 fully saturated rings. The number of amides is 3. The molecule has 4 aliphatic rings. The van der Waals surface area contributed by atoms with Crippen molar-refractivity contribution in [1.82, 2.24) is 14.8 Å². The maximum Gasteiger partial charge on any atom is 0.293 e. The lowest BCUT2D eigenvalue weighted by molar-refractivity contribution is -0.218. The van der Waals surface area contributed by atoms with Crippen LogP contribution in [-0.4, -0.2) is 69.7 Å². The van der Waals surface area contributed by atoms with Crippen LogP contribution in [0.4, 0.5) is 18.9 Å². The van der Waals surface area contributed by atoms with Gasteiger partial charge in [0.2, 0.25) is 5.91 Å². The molecule has 0 radical (unpaired) electrons. The lowest BCUT2D eigenvalue weighted by Gasteiger charge is -2.61. The van der Waals surface area contributed by atoms with Gasteiger partial charge in [-0.05, 0) is 49.9 Å². The summed E-state index contributed by atoms with van der Waals surface area (Å²) in [5.74, 6) is -7.19. The first kappa shape index (κ1) is 26.8. The Morgan fingerprint density at radius 2 is 1.82 bits per heavy atom. The molecule has 13 heteroatoms. The van der Waals surface area contributed by atoms with Crippen LogP contribution < -0.4 is 10.6 Å². The summed E-state index contributed by atoms with van der Waals surface area (Å²) in [4.78, 5) is 54.9. The highest BCUT2D eigenvalue weighted by Crippen LogP contribution is 2.49. The smallest absolute Gasteiger partial charge is 0.293 e. The second kappa shape index (κ2) is 9.07. The first-order valence-corrected chi connectivity index (χ1v) is 13.4. The van der Waals surface area contributed by atoms with Gasteiger partial charge in [-0.1, -0.05) is 11.6 Å². The molecule has 2 aromatic rings. The lowest BCUT2D eigenvalue weighted by atomic mass is 9.69. The van der Waals surface area contributed by atoms with Crippen LogP contribution in [0.15, 0.2) is 18.2 Å². The third-order valence-electron chi connectivity index (χ3n) is 8.48. The molecule has 40 heavy (non-hydrogen) atoms. The summed E-state index contributed by atoms with van der Waals surface area (Å²) >= 11 is 5.82. The summed E-state index contributed by atoms with van der Waals surface area (Å²) in [6.45, 7) is 2.93. The summed E-state index contributed by atoms with van der Waals surface area (Å²) in [5.41, 5.74) is -1.29. The topological polar surface area (TPSA) is 110 Å². The minimum Gasteiger partial charge on any atom is -0.376 e. The van der Waals surface area contributed by atoms with Gasteiger partial charge >= 0.3 is 0 Å². The lowest BCUT2D eigenvalue weighted by Crippen LogP contribution is -2.79. The van der Waals surface area contributed by atoms with E-state index in [0.29, 0.717) is 51.3 Å². The molecule has 0 bridgehead atoms.